The molecule has 6 nitrogen and oxygen atoms in total. The summed E-state index contributed by atoms with van der Waals surface area (Å²) >= 11 is -1.69. The zero-order valence-electron chi connectivity index (χ0n) is 12.2. The second-order valence-electron chi connectivity index (χ2n) is 3.64. The van der Waals surface area contributed by atoms with Gasteiger partial charge in [0.05, 0.1) is 18.9 Å². The van der Waals surface area contributed by atoms with Crippen molar-refractivity contribution in [3.05, 3.63) is 0 Å². The van der Waals surface area contributed by atoms with E-state index in [0.29, 0.717) is 19.6 Å². The normalized spacial score (nSPS) is 15.0. The summed E-state index contributed by atoms with van der Waals surface area (Å²) in [7, 11) is 1.49. The van der Waals surface area contributed by atoms with Gasteiger partial charge in [0.25, 0.3) is 0 Å². The van der Waals surface area contributed by atoms with Crippen LogP contribution < -0.4 is 0 Å². The number of likely N-dealkylation sites (tertiary alicyclic amines) is 1. The number of carbonyl (C=O) groups excluding carboxylic acids is 2. The second kappa shape index (κ2) is 13.6. The van der Waals surface area contributed by atoms with Crippen LogP contribution in [0.3, 0.4) is 0 Å². The van der Waals surface area contributed by atoms with E-state index in [9.17, 15) is 13.8 Å². The molecule has 1 heterocycles. The summed E-state index contributed by atoms with van der Waals surface area (Å²) in [5, 5.41) is 0. The van der Waals surface area contributed by atoms with Crippen molar-refractivity contribution in [3.63, 3.8) is 0 Å². The van der Waals surface area contributed by atoms with E-state index in [1.165, 1.54) is 14.0 Å². The summed E-state index contributed by atoms with van der Waals surface area (Å²) < 4.78 is 22.4. The van der Waals surface area contributed by atoms with Crippen LogP contribution in [0.4, 0.5) is 0 Å². The molecule has 1 aliphatic heterocycles. The number of hydrogen-bond acceptors (Lipinski definition) is 4. The summed E-state index contributed by atoms with van der Waals surface area (Å²) in [6.07, 6.45) is 1.53. The number of hydrogen-bond donors (Lipinski definition) is 1. The van der Waals surface area contributed by atoms with Gasteiger partial charge in [0.2, 0.25) is 5.91 Å². The molecule has 1 atom stereocenters. The van der Waals surface area contributed by atoms with Gasteiger partial charge in [-0.1, -0.05) is 13.8 Å². The molecular formula is C12H25NO5S. The predicted molar refractivity (Wildman–Crippen MR) is 75.4 cm³/mol. The molecule has 19 heavy (non-hydrogen) atoms. The van der Waals surface area contributed by atoms with Gasteiger partial charge in [-0.15, -0.1) is 0 Å². The Morgan fingerprint density at radius 1 is 1.47 bits per heavy atom. The summed E-state index contributed by atoms with van der Waals surface area (Å²) in [6, 6.07) is 0. The fourth-order valence-electron chi connectivity index (χ4n) is 1.29. The summed E-state index contributed by atoms with van der Waals surface area (Å²) in [5.74, 6) is 0.390. The van der Waals surface area contributed by atoms with Gasteiger partial charge in [-0.05, 0) is 13.3 Å². The Morgan fingerprint density at radius 3 is 2.32 bits per heavy atom. The van der Waals surface area contributed by atoms with Gasteiger partial charge in [0, 0.05) is 20.1 Å². The largest absolute Gasteiger partial charge is 0.384 e. The van der Waals surface area contributed by atoms with Crippen molar-refractivity contribution in [1.29, 1.82) is 0 Å². The van der Waals surface area contributed by atoms with Crippen molar-refractivity contribution in [2.75, 3.05) is 32.6 Å². The van der Waals surface area contributed by atoms with Crippen LogP contribution in [-0.4, -0.2) is 57.9 Å². The molecule has 7 heteroatoms. The van der Waals surface area contributed by atoms with E-state index in [4.69, 9.17) is 4.55 Å². The molecule has 1 amide bonds. The molecule has 1 N–H and O–H groups in total. The highest BCUT2D eigenvalue weighted by molar-refractivity contribution is 7.79. The lowest BCUT2D eigenvalue weighted by Gasteiger charge is -2.11. The number of Topliss-reactive ketones (excluding diaryl/α,β-unsaturated/α-hetero) is 1. The molecule has 1 fully saturated rings. The fourth-order valence-corrected chi connectivity index (χ4v) is 1.60. The molecule has 0 saturated carbocycles. The number of amides is 1. The molecular weight excluding hydrogens is 270 g/mol. The number of ketones is 1. The van der Waals surface area contributed by atoms with Crippen LogP contribution in [0.15, 0.2) is 0 Å². The van der Waals surface area contributed by atoms with Crippen LogP contribution in [0.2, 0.25) is 0 Å². The SMILES string of the molecule is CC.CC(=O)CN1CCCC1=O.COCCS(=O)O. The van der Waals surface area contributed by atoms with Crippen molar-refractivity contribution in [1.82, 2.24) is 4.90 Å². The molecule has 1 unspecified atom stereocenters. The Kier molecular flexibility index (Phi) is 14.7. The lowest BCUT2D eigenvalue weighted by atomic mass is 10.4. The van der Waals surface area contributed by atoms with E-state index >= 15 is 0 Å². The Bertz CT molecular complexity index is 283. The molecule has 1 saturated heterocycles. The zero-order chi connectivity index (χ0) is 15.3. The lowest BCUT2D eigenvalue weighted by molar-refractivity contribution is -0.131. The van der Waals surface area contributed by atoms with Gasteiger partial charge in [0.1, 0.15) is 5.78 Å². The highest BCUT2D eigenvalue weighted by Crippen LogP contribution is 2.08. The van der Waals surface area contributed by atoms with Crippen LogP contribution in [0.1, 0.15) is 33.6 Å². The van der Waals surface area contributed by atoms with E-state index in [2.05, 4.69) is 4.74 Å². The minimum absolute atomic E-state index is 0.0650. The van der Waals surface area contributed by atoms with Gasteiger partial charge in [-0.25, -0.2) is 4.21 Å². The molecule has 0 spiro atoms. The average Bonchev–Trinajstić information content (AvgIpc) is 2.75. The van der Waals surface area contributed by atoms with Crippen LogP contribution in [0.25, 0.3) is 0 Å². The summed E-state index contributed by atoms with van der Waals surface area (Å²) in [6.45, 7) is 6.92. The molecule has 1 aliphatic rings. The minimum Gasteiger partial charge on any atom is -0.384 e. The van der Waals surface area contributed by atoms with Gasteiger partial charge in [0.15, 0.2) is 11.1 Å². The van der Waals surface area contributed by atoms with Crippen molar-refractivity contribution in [3.8, 4) is 0 Å². The van der Waals surface area contributed by atoms with Crippen molar-refractivity contribution in [2.24, 2.45) is 0 Å². The topological polar surface area (TPSA) is 83.9 Å². The van der Waals surface area contributed by atoms with E-state index in [1.54, 1.807) is 4.90 Å². The third kappa shape index (κ3) is 13.4. The standard InChI is InChI=1S/C7H11NO2.C3H8O3S.C2H6/c1-6(9)5-8-4-2-3-7(8)10;1-6-2-3-7(4)5;1-2/h2-5H2,1H3;2-3H2,1H3,(H,4,5);1-2H3. The van der Waals surface area contributed by atoms with Crippen molar-refractivity contribution < 1.29 is 23.1 Å². The van der Waals surface area contributed by atoms with Gasteiger partial charge in [-0.3, -0.25) is 9.59 Å². The van der Waals surface area contributed by atoms with Crippen LogP contribution in [0.5, 0.6) is 0 Å². The highest BCUT2D eigenvalue weighted by Gasteiger charge is 2.20. The fraction of sp³-hybridized carbons (Fsp3) is 0.833. The maximum absolute atomic E-state index is 10.9. The molecule has 114 valence electrons. The highest BCUT2D eigenvalue weighted by atomic mass is 32.2. The van der Waals surface area contributed by atoms with Crippen molar-refractivity contribution in [2.45, 2.75) is 33.6 Å². The first-order valence-electron chi connectivity index (χ1n) is 6.31. The number of carbonyl (C=O) groups is 2. The van der Waals surface area contributed by atoms with Crippen LogP contribution in [-0.2, 0) is 25.4 Å². The Labute approximate surface area is 117 Å². The van der Waals surface area contributed by atoms with Crippen molar-refractivity contribution >= 4 is 22.8 Å². The molecule has 0 aromatic carbocycles. The molecule has 0 aromatic rings. The van der Waals surface area contributed by atoms with Gasteiger partial charge >= 0.3 is 0 Å². The molecule has 0 aromatic heterocycles. The quantitative estimate of drug-likeness (QED) is 0.767. The number of nitrogens with zero attached hydrogens (tertiary/aromatic N) is 1. The Hall–Kier alpha value is -0.790. The Morgan fingerprint density at radius 2 is 2.05 bits per heavy atom. The predicted octanol–water partition coefficient (Wildman–Crippen LogP) is 1.08. The third-order valence-electron chi connectivity index (χ3n) is 2.05. The molecule has 0 bridgehead atoms. The molecule has 0 radical (unpaired) electrons. The first-order chi connectivity index (χ1) is 8.97. The van der Waals surface area contributed by atoms with Gasteiger partial charge < -0.3 is 14.2 Å². The van der Waals surface area contributed by atoms with E-state index < -0.39 is 11.1 Å². The van der Waals surface area contributed by atoms with Crippen LogP contribution >= 0.6 is 0 Å². The summed E-state index contributed by atoms with van der Waals surface area (Å²) in [4.78, 5) is 23.0. The maximum atomic E-state index is 10.9. The van der Waals surface area contributed by atoms with E-state index in [1.807, 2.05) is 13.8 Å². The van der Waals surface area contributed by atoms with Crippen LogP contribution in [0, 0.1) is 0 Å². The third-order valence-corrected chi connectivity index (χ3v) is 2.56. The monoisotopic (exact) mass is 295 g/mol. The van der Waals surface area contributed by atoms with E-state index in [0.717, 1.165) is 13.0 Å². The number of rotatable bonds is 5. The minimum atomic E-state index is -1.69. The maximum Gasteiger partial charge on any atom is 0.223 e. The molecule has 0 aliphatic carbocycles. The molecule has 1 rings (SSSR count). The van der Waals surface area contributed by atoms with E-state index in [-0.39, 0.29) is 17.4 Å². The average molecular weight is 295 g/mol. The number of methoxy groups -OCH3 is 1. The Balaban J connectivity index is 0. The lowest BCUT2D eigenvalue weighted by Crippen LogP contribution is -2.29. The first-order valence-corrected chi connectivity index (χ1v) is 7.58. The summed E-state index contributed by atoms with van der Waals surface area (Å²) in [5.41, 5.74) is 0. The van der Waals surface area contributed by atoms with Gasteiger partial charge in [-0.2, -0.15) is 0 Å². The smallest absolute Gasteiger partial charge is 0.223 e. The first kappa shape index (κ1) is 20.5. The second-order valence-corrected chi connectivity index (χ2v) is 4.69. The number of ether oxygens (including phenoxy) is 1. The zero-order valence-corrected chi connectivity index (χ0v) is 13.0.